The molecule has 0 aliphatic carbocycles. The van der Waals surface area contributed by atoms with Crippen LogP contribution in [0.2, 0.25) is 0 Å². The SMILES string of the molecule is Cc1[nH]cnc1CNc1ccc2oc3ccccc3c2c1. The van der Waals surface area contributed by atoms with Crippen LogP contribution in [0.25, 0.3) is 21.9 Å². The molecule has 0 aliphatic rings. The Labute approximate surface area is 121 Å². The van der Waals surface area contributed by atoms with E-state index in [1.807, 2.05) is 37.3 Å². The van der Waals surface area contributed by atoms with Crippen molar-refractivity contribution in [1.82, 2.24) is 9.97 Å². The third-order valence-corrected chi connectivity index (χ3v) is 3.77. The van der Waals surface area contributed by atoms with Crippen LogP contribution in [0.4, 0.5) is 5.69 Å². The minimum Gasteiger partial charge on any atom is -0.456 e. The molecule has 0 saturated heterocycles. The average molecular weight is 277 g/mol. The van der Waals surface area contributed by atoms with Gasteiger partial charge in [0.05, 0.1) is 18.6 Å². The van der Waals surface area contributed by atoms with Gasteiger partial charge in [0, 0.05) is 22.2 Å². The lowest BCUT2D eigenvalue weighted by molar-refractivity contribution is 0.669. The number of anilines is 1. The molecular formula is C17H15N3O. The van der Waals surface area contributed by atoms with Crippen LogP contribution >= 0.6 is 0 Å². The molecule has 0 aliphatic heterocycles. The predicted octanol–water partition coefficient (Wildman–Crippen LogP) is 4.23. The van der Waals surface area contributed by atoms with Crippen molar-refractivity contribution in [2.75, 3.05) is 5.32 Å². The van der Waals surface area contributed by atoms with Gasteiger partial charge in [-0.3, -0.25) is 0 Å². The van der Waals surface area contributed by atoms with Crippen molar-refractivity contribution in [3.05, 3.63) is 60.2 Å². The zero-order valence-electron chi connectivity index (χ0n) is 11.7. The first-order chi connectivity index (χ1) is 10.3. The van der Waals surface area contributed by atoms with E-state index in [2.05, 4.69) is 27.4 Å². The number of aryl methyl sites for hydroxylation is 1. The van der Waals surface area contributed by atoms with E-state index in [9.17, 15) is 0 Å². The van der Waals surface area contributed by atoms with Crippen LogP contribution < -0.4 is 5.32 Å². The summed E-state index contributed by atoms with van der Waals surface area (Å²) in [7, 11) is 0. The maximum atomic E-state index is 5.83. The number of hydrogen-bond acceptors (Lipinski definition) is 3. The normalized spacial score (nSPS) is 11.3. The quantitative estimate of drug-likeness (QED) is 0.589. The van der Waals surface area contributed by atoms with Crippen molar-refractivity contribution < 1.29 is 4.42 Å². The molecule has 104 valence electrons. The number of aromatic nitrogens is 2. The molecule has 0 amide bonds. The van der Waals surface area contributed by atoms with Crippen molar-refractivity contribution in [1.29, 1.82) is 0 Å². The van der Waals surface area contributed by atoms with Crippen LogP contribution in [0.5, 0.6) is 0 Å². The zero-order valence-corrected chi connectivity index (χ0v) is 11.7. The number of aromatic amines is 1. The lowest BCUT2D eigenvalue weighted by Crippen LogP contribution is -2.00. The van der Waals surface area contributed by atoms with E-state index >= 15 is 0 Å². The van der Waals surface area contributed by atoms with Gasteiger partial charge in [-0.2, -0.15) is 0 Å². The van der Waals surface area contributed by atoms with Gasteiger partial charge in [-0.15, -0.1) is 0 Å². The predicted molar refractivity (Wildman–Crippen MR) is 84.4 cm³/mol. The van der Waals surface area contributed by atoms with E-state index in [-0.39, 0.29) is 0 Å². The Morgan fingerprint density at radius 1 is 1.10 bits per heavy atom. The van der Waals surface area contributed by atoms with Gasteiger partial charge in [-0.1, -0.05) is 18.2 Å². The molecule has 0 bridgehead atoms. The van der Waals surface area contributed by atoms with Gasteiger partial charge >= 0.3 is 0 Å². The van der Waals surface area contributed by atoms with E-state index in [4.69, 9.17) is 4.42 Å². The largest absolute Gasteiger partial charge is 0.456 e. The molecule has 0 fully saturated rings. The summed E-state index contributed by atoms with van der Waals surface area (Å²) >= 11 is 0. The van der Waals surface area contributed by atoms with Gasteiger partial charge < -0.3 is 14.7 Å². The number of nitrogens with zero attached hydrogens (tertiary/aromatic N) is 1. The third-order valence-electron chi connectivity index (χ3n) is 3.77. The summed E-state index contributed by atoms with van der Waals surface area (Å²) in [6.45, 7) is 2.73. The molecule has 4 nitrogen and oxygen atoms in total. The maximum absolute atomic E-state index is 5.83. The fraction of sp³-hybridized carbons (Fsp3) is 0.118. The minimum absolute atomic E-state index is 0.705. The smallest absolute Gasteiger partial charge is 0.135 e. The Morgan fingerprint density at radius 3 is 2.81 bits per heavy atom. The van der Waals surface area contributed by atoms with Gasteiger partial charge in [-0.25, -0.2) is 4.98 Å². The highest BCUT2D eigenvalue weighted by molar-refractivity contribution is 6.05. The molecule has 0 unspecified atom stereocenters. The highest BCUT2D eigenvalue weighted by atomic mass is 16.3. The standard InChI is InChI=1S/C17H15N3O/c1-11-15(20-10-19-11)9-18-12-6-7-17-14(8-12)13-4-2-3-5-16(13)21-17/h2-8,10,18H,9H2,1H3,(H,19,20). The molecule has 0 saturated carbocycles. The molecule has 2 aromatic heterocycles. The van der Waals surface area contributed by atoms with Crippen LogP contribution in [0, 0.1) is 6.92 Å². The van der Waals surface area contributed by atoms with Crippen LogP contribution in [-0.2, 0) is 6.54 Å². The third kappa shape index (κ3) is 2.05. The Morgan fingerprint density at radius 2 is 1.95 bits per heavy atom. The maximum Gasteiger partial charge on any atom is 0.135 e. The number of para-hydroxylation sites is 1. The summed E-state index contributed by atoms with van der Waals surface area (Å²) in [5.41, 5.74) is 5.03. The Kier molecular flexibility index (Phi) is 2.67. The summed E-state index contributed by atoms with van der Waals surface area (Å²) in [6, 6.07) is 14.3. The van der Waals surface area contributed by atoms with Crippen molar-refractivity contribution in [3.63, 3.8) is 0 Å². The molecule has 21 heavy (non-hydrogen) atoms. The van der Waals surface area contributed by atoms with Gasteiger partial charge in [-0.05, 0) is 31.2 Å². The summed E-state index contributed by atoms with van der Waals surface area (Å²) < 4.78 is 5.83. The van der Waals surface area contributed by atoms with Gasteiger partial charge in [0.1, 0.15) is 11.2 Å². The summed E-state index contributed by atoms with van der Waals surface area (Å²) in [4.78, 5) is 7.38. The first-order valence-corrected chi connectivity index (χ1v) is 6.95. The van der Waals surface area contributed by atoms with Crippen molar-refractivity contribution in [2.45, 2.75) is 13.5 Å². The molecule has 0 atom stereocenters. The number of hydrogen-bond donors (Lipinski definition) is 2. The Hall–Kier alpha value is -2.75. The van der Waals surface area contributed by atoms with E-state index in [1.165, 1.54) is 0 Å². The molecule has 4 rings (SSSR count). The monoisotopic (exact) mass is 277 g/mol. The lowest BCUT2D eigenvalue weighted by atomic mass is 10.1. The first kappa shape index (κ1) is 12.0. The highest BCUT2D eigenvalue weighted by Gasteiger charge is 2.07. The second-order valence-corrected chi connectivity index (χ2v) is 5.14. The zero-order chi connectivity index (χ0) is 14.2. The number of fused-ring (bicyclic) bond motifs is 3. The molecule has 2 aromatic carbocycles. The lowest BCUT2D eigenvalue weighted by Gasteiger charge is -2.05. The van der Waals surface area contributed by atoms with Crippen LogP contribution in [-0.4, -0.2) is 9.97 Å². The Balaban J connectivity index is 1.69. The molecule has 0 spiro atoms. The van der Waals surface area contributed by atoms with Crippen molar-refractivity contribution >= 4 is 27.6 Å². The summed E-state index contributed by atoms with van der Waals surface area (Å²) in [5.74, 6) is 0. The van der Waals surface area contributed by atoms with Gasteiger partial charge in [0.25, 0.3) is 0 Å². The number of rotatable bonds is 3. The van der Waals surface area contributed by atoms with Crippen LogP contribution in [0.3, 0.4) is 0 Å². The van der Waals surface area contributed by atoms with E-state index in [0.29, 0.717) is 6.54 Å². The number of furan rings is 1. The van der Waals surface area contributed by atoms with Crippen LogP contribution in [0.15, 0.2) is 53.2 Å². The number of benzene rings is 2. The van der Waals surface area contributed by atoms with Gasteiger partial charge in [0.15, 0.2) is 0 Å². The van der Waals surface area contributed by atoms with Crippen LogP contribution in [0.1, 0.15) is 11.4 Å². The van der Waals surface area contributed by atoms with E-state index in [0.717, 1.165) is 39.0 Å². The second-order valence-electron chi connectivity index (χ2n) is 5.14. The van der Waals surface area contributed by atoms with Crippen molar-refractivity contribution in [2.24, 2.45) is 0 Å². The molecule has 4 aromatic rings. The topological polar surface area (TPSA) is 53.9 Å². The summed E-state index contributed by atoms with van der Waals surface area (Å²) in [6.07, 6.45) is 1.72. The minimum atomic E-state index is 0.705. The average Bonchev–Trinajstić information content (AvgIpc) is 3.08. The fourth-order valence-corrected chi connectivity index (χ4v) is 2.59. The molecule has 2 N–H and O–H groups in total. The number of H-pyrrole nitrogens is 1. The fourth-order valence-electron chi connectivity index (χ4n) is 2.59. The first-order valence-electron chi connectivity index (χ1n) is 6.95. The Bertz CT molecular complexity index is 920. The molecular weight excluding hydrogens is 262 g/mol. The highest BCUT2D eigenvalue weighted by Crippen LogP contribution is 2.30. The number of nitrogens with one attached hydrogen (secondary N) is 2. The van der Waals surface area contributed by atoms with Gasteiger partial charge in [0.2, 0.25) is 0 Å². The second kappa shape index (κ2) is 4.66. The molecule has 2 heterocycles. The molecule has 0 radical (unpaired) electrons. The van der Waals surface area contributed by atoms with E-state index < -0.39 is 0 Å². The van der Waals surface area contributed by atoms with Crippen molar-refractivity contribution in [3.8, 4) is 0 Å². The summed E-state index contributed by atoms with van der Waals surface area (Å²) in [5, 5.41) is 5.69. The van der Waals surface area contributed by atoms with E-state index in [1.54, 1.807) is 6.33 Å². The number of imidazole rings is 1. The molecule has 4 heteroatoms.